The van der Waals surface area contributed by atoms with Gasteiger partial charge in [0, 0.05) is 56.1 Å². The zero-order chi connectivity index (χ0) is 20.9. The Balaban J connectivity index is 1.59. The van der Waals surface area contributed by atoms with Gasteiger partial charge < -0.3 is 4.90 Å². The Hall–Kier alpha value is -2.79. The van der Waals surface area contributed by atoms with Crippen molar-refractivity contribution in [2.75, 3.05) is 13.1 Å². The van der Waals surface area contributed by atoms with Crippen molar-refractivity contribution in [1.82, 2.24) is 29.6 Å². The summed E-state index contributed by atoms with van der Waals surface area (Å²) in [6.45, 7) is 0.0927. The van der Waals surface area contributed by atoms with Gasteiger partial charge in [-0.05, 0) is 12.1 Å². The Morgan fingerprint density at radius 1 is 1.20 bits per heavy atom. The van der Waals surface area contributed by atoms with Crippen LogP contribution in [0, 0.1) is 0 Å². The molecule has 154 valence electrons. The Morgan fingerprint density at radius 3 is 2.67 bits per heavy atom. The molecule has 4 aromatic rings. The lowest BCUT2D eigenvalue weighted by Gasteiger charge is -2.31. The number of carbonyl (C=O) groups is 1. The number of piperidine rings is 1. The normalized spacial score (nSPS) is 16.3. The second-order valence-corrected chi connectivity index (χ2v) is 8.98. The Bertz CT molecular complexity index is 1220. The molecule has 30 heavy (non-hydrogen) atoms. The first-order valence-corrected chi connectivity index (χ1v) is 11.0. The number of fused-ring (bicyclic) bond motifs is 1. The third kappa shape index (κ3) is 3.37. The molecule has 11 heteroatoms. The summed E-state index contributed by atoms with van der Waals surface area (Å²) in [5.41, 5.74) is 1.44. The summed E-state index contributed by atoms with van der Waals surface area (Å²) in [6.07, 6.45) is 2.75. The number of carbonyl (C=O) groups excluding carboxylic acids is 1. The van der Waals surface area contributed by atoms with Gasteiger partial charge in [0.15, 0.2) is 10.8 Å². The zero-order valence-corrected chi connectivity index (χ0v) is 17.5. The number of nitrogens with zero attached hydrogens (tertiary/aromatic N) is 6. The molecule has 0 radical (unpaired) electrons. The van der Waals surface area contributed by atoms with Gasteiger partial charge in [0.1, 0.15) is 10.5 Å². The summed E-state index contributed by atoms with van der Waals surface area (Å²) in [5.74, 6) is -2.47. The van der Waals surface area contributed by atoms with Gasteiger partial charge in [-0.15, -0.1) is 22.7 Å². The number of rotatable bonds is 3. The highest BCUT2D eigenvalue weighted by atomic mass is 32.1. The largest absolute Gasteiger partial charge is 0.338 e. The van der Waals surface area contributed by atoms with Gasteiger partial charge in [0.05, 0.1) is 10.6 Å². The van der Waals surface area contributed by atoms with E-state index in [-0.39, 0.29) is 31.8 Å². The van der Waals surface area contributed by atoms with Crippen LogP contribution < -0.4 is 0 Å². The lowest BCUT2D eigenvalue weighted by molar-refractivity contribution is -0.0493. The summed E-state index contributed by atoms with van der Waals surface area (Å²) < 4.78 is 28.6. The first kappa shape index (κ1) is 19.2. The van der Waals surface area contributed by atoms with E-state index in [1.807, 2.05) is 18.5 Å². The quantitative estimate of drug-likeness (QED) is 0.474. The molecular weight excluding hydrogens is 430 g/mol. The highest BCUT2D eigenvalue weighted by molar-refractivity contribution is 7.20. The molecule has 1 fully saturated rings. The first-order valence-electron chi connectivity index (χ1n) is 9.28. The predicted octanol–water partition coefficient (Wildman–Crippen LogP) is 4.09. The van der Waals surface area contributed by atoms with E-state index in [1.54, 1.807) is 23.1 Å². The lowest BCUT2D eigenvalue weighted by atomic mass is 10.1. The van der Waals surface area contributed by atoms with Crippen LogP contribution in [0.15, 0.2) is 29.9 Å². The molecule has 0 spiro atoms. The maximum Gasteiger partial charge on any atom is 0.264 e. The van der Waals surface area contributed by atoms with E-state index >= 15 is 0 Å². The Kier molecular flexibility index (Phi) is 4.58. The van der Waals surface area contributed by atoms with Crippen LogP contribution in [0.2, 0.25) is 0 Å². The van der Waals surface area contributed by atoms with Crippen LogP contribution in [0.4, 0.5) is 8.78 Å². The molecule has 0 unspecified atom stereocenters. The van der Waals surface area contributed by atoms with Crippen LogP contribution in [0.5, 0.6) is 0 Å². The van der Waals surface area contributed by atoms with E-state index in [9.17, 15) is 13.6 Å². The molecule has 0 aromatic carbocycles. The molecule has 0 aliphatic carbocycles. The fraction of sp³-hybridized carbons (Fsp3) is 0.316. The van der Waals surface area contributed by atoms with Crippen LogP contribution in [0.1, 0.15) is 22.5 Å². The van der Waals surface area contributed by atoms with E-state index in [2.05, 4.69) is 15.1 Å². The molecule has 0 atom stereocenters. The van der Waals surface area contributed by atoms with Gasteiger partial charge in [-0.1, -0.05) is 0 Å². The summed E-state index contributed by atoms with van der Waals surface area (Å²) >= 11 is 2.68. The third-order valence-electron chi connectivity index (χ3n) is 5.07. The van der Waals surface area contributed by atoms with Gasteiger partial charge >= 0.3 is 0 Å². The minimum atomic E-state index is -2.70. The smallest absolute Gasteiger partial charge is 0.264 e. The van der Waals surface area contributed by atoms with Gasteiger partial charge in [-0.2, -0.15) is 5.10 Å². The molecule has 0 bridgehead atoms. The topological polar surface area (TPSA) is 76.8 Å². The number of thiophene rings is 1. The maximum absolute atomic E-state index is 13.5. The van der Waals surface area contributed by atoms with Crippen molar-refractivity contribution < 1.29 is 13.6 Å². The van der Waals surface area contributed by atoms with Gasteiger partial charge in [0.25, 0.3) is 11.8 Å². The summed E-state index contributed by atoms with van der Waals surface area (Å²) in [6, 6.07) is 3.60. The fourth-order valence-electron chi connectivity index (χ4n) is 3.45. The predicted molar refractivity (Wildman–Crippen MR) is 111 cm³/mol. The number of aryl methyl sites for hydroxylation is 1. The summed E-state index contributed by atoms with van der Waals surface area (Å²) in [7, 11) is 1.82. The minimum absolute atomic E-state index is 0.0463. The van der Waals surface area contributed by atoms with Gasteiger partial charge in [-0.25, -0.2) is 23.7 Å². The number of halogens is 2. The minimum Gasteiger partial charge on any atom is -0.338 e. The molecule has 5 heterocycles. The van der Waals surface area contributed by atoms with Crippen molar-refractivity contribution in [3.8, 4) is 22.2 Å². The van der Waals surface area contributed by atoms with Crippen molar-refractivity contribution in [2.24, 2.45) is 7.05 Å². The molecule has 1 amide bonds. The molecule has 4 aromatic heterocycles. The van der Waals surface area contributed by atoms with E-state index in [1.165, 1.54) is 27.6 Å². The van der Waals surface area contributed by atoms with Crippen LogP contribution >= 0.6 is 22.7 Å². The van der Waals surface area contributed by atoms with E-state index in [4.69, 9.17) is 4.98 Å². The summed E-state index contributed by atoms with van der Waals surface area (Å²) in [5, 5.41) is 7.48. The molecule has 0 saturated carbocycles. The zero-order valence-electron chi connectivity index (χ0n) is 15.9. The van der Waals surface area contributed by atoms with E-state index in [0.717, 1.165) is 11.1 Å². The van der Waals surface area contributed by atoms with Gasteiger partial charge in [0.2, 0.25) is 0 Å². The van der Waals surface area contributed by atoms with Crippen molar-refractivity contribution in [3.05, 3.63) is 34.8 Å². The number of thiazole rings is 1. The third-order valence-corrected chi connectivity index (χ3v) is 6.86. The molecule has 0 N–H and O–H groups in total. The molecule has 1 saturated heterocycles. The molecular formula is C19H16F2N6OS2. The average molecular weight is 447 g/mol. The Morgan fingerprint density at radius 2 is 2.00 bits per heavy atom. The number of hydrogen-bond donors (Lipinski definition) is 0. The van der Waals surface area contributed by atoms with E-state index < -0.39 is 5.92 Å². The number of alkyl halides is 2. The van der Waals surface area contributed by atoms with Crippen LogP contribution in [-0.2, 0) is 7.05 Å². The number of amides is 1. The van der Waals surface area contributed by atoms with Crippen molar-refractivity contribution >= 4 is 38.8 Å². The van der Waals surface area contributed by atoms with Crippen LogP contribution in [0.25, 0.3) is 32.4 Å². The van der Waals surface area contributed by atoms with Crippen molar-refractivity contribution in [3.63, 3.8) is 0 Å². The lowest BCUT2D eigenvalue weighted by Crippen LogP contribution is -2.42. The first-order chi connectivity index (χ1) is 14.4. The molecule has 1 aliphatic rings. The van der Waals surface area contributed by atoms with Gasteiger partial charge in [-0.3, -0.25) is 9.48 Å². The van der Waals surface area contributed by atoms with Crippen molar-refractivity contribution in [1.29, 1.82) is 0 Å². The number of hydrogen-bond acceptors (Lipinski definition) is 7. The number of aromatic nitrogens is 5. The SMILES string of the molecule is Cn1nccc1-c1nc(-c2nccs2)nc2sc(C(=O)N3CCC(F)(F)CC3)cc12. The highest BCUT2D eigenvalue weighted by Gasteiger charge is 2.36. The Labute approximate surface area is 178 Å². The fourth-order valence-corrected chi connectivity index (χ4v) is 5.02. The van der Waals surface area contributed by atoms with Crippen LogP contribution in [-0.4, -0.2) is 54.6 Å². The second kappa shape index (κ2) is 7.17. The molecule has 1 aliphatic heterocycles. The molecule has 7 nitrogen and oxygen atoms in total. The van der Waals surface area contributed by atoms with Crippen LogP contribution in [0.3, 0.4) is 0 Å². The standard InChI is InChI=1S/C19H16F2N6OS2/c1-26-12(2-5-23-26)14-11-10-13(18(28)27-7-3-19(20,21)4-8-27)30-16(11)25-15(24-14)17-22-6-9-29-17/h2,5-6,9-10H,3-4,7-8H2,1H3. The van der Waals surface area contributed by atoms with Crippen molar-refractivity contribution in [2.45, 2.75) is 18.8 Å². The highest BCUT2D eigenvalue weighted by Crippen LogP contribution is 2.35. The number of likely N-dealkylation sites (tertiary alicyclic amines) is 1. The monoisotopic (exact) mass is 446 g/mol. The average Bonchev–Trinajstić information content (AvgIpc) is 3.47. The summed E-state index contributed by atoms with van der Waals surface area (Å²) in [4.78, 5) is 29.2. The second-order valence-electron chi connectivity index (χ2n) is 7.05. The molecule has 5 rings (SSSR count). The maximum atomic E-state index is 13.5. The van der Waals surface area contributed by atoms with E-state index in [0.29, 0.717) is 26.2 Å².